The van der Waals surface area contributed by atoms with Gasteiger partial charge in [-0.05, 0) is 32.1 Å². The summed E-state index contributed by atoms with van der Waals surface area (Å²) < 4.78 is 11.3. The summed E-state index contributed by atoms with van der Waals surface area (Å²) >= 11 is 0. The largest absolute Gasteiger partial charge is 0.390 e. The van der Waals surface area contributed by atoms with Crippen molar-refractivity contribution in [1.82, 2.24) is 10.1 Å². The SMILES string of the molecule is CCc1cc(CN2CCC3(CC2)OCCC[C@H]3O)on1. The lowest BCUT2D eigenvalue weighted by molar-refractivity contribution is -0.177. The first-order chi connectivity index (χ1) is 9.72. The summed E-state index contributed by atoms with van der Waals surface area (Å²) in [5.41, 5.74) is 0.726. The average Bonchev–Trinajstić information content (AvgIpc) is 2.92. The van der Waals surface area contributed by atoms with Crippen LogP contribution >= 0.6 is 0 Å². The molecule has 5 heteroatoms. The zero-order valence-electron chi connectivity index (χ0n) is 12.2. The second kappa shape index (κ2) is 5.84. The molecule has 1 spiro atoms. The molecular formula is C15H24N2O3. The molecule has 2 saturated heterocycles. The van der Waals surface area contributed by atoms with E-state index >= 15 is 0 Å². The smallest absolute Gasteiger partial charge is 0.150 e. The fraction of sp³-hybridized carbons (Fsp3) is 0.800. The Morgan fingerprint density at radius 1 is 1.45 bits per heavy atom. The number of hydrogen-bond acceptors (Lipinski definition) is 5. The molecule has 5 nitrogen and oxygen atoms in total. The normalized spacial score (nSPS) is 27.0. The van der Waals surface area contributed by atoms with E-state index in [1.54, 1.807) is 0 Å². The third kappa shape index (κ3) is 2.75. The Kier molecular flexibility index (Phi) is 4.10. The lowest BCUT2D eigenvalue weighted by Gasteiger charge is -2.46. The molecule has 0 radical (unpaired) electrons. The van der Waals surface area contributed by atoms with E-state index in [4.69, 9.17) is 9.26 Å². The number of nitrogens with zero attached hydrogens (tertiary/aromatic N) is 2. The van der Waals surface area contributed by atoms with Crippen molar-refractivity contribution in [3.05, 3.63) is 17.5 Å². The Labute approximate surface area is 119 Å². The molecule has 0 aromatic carbocycles. The first kappa shape index (κ1) is 14.0. The maximum absolute atomic E-state index is 10.2. The summed E-state index contributed by atoms with van der Waals surface area (Å²) in [6.07, 6.45) is 4.28. The summed E-state index contributed by atoms with van der Waals surface area (Å²) in [5, 5.41) is 14.3. The van der Waals surface area contributed by atoms with Crippen molar-refractivity contribution in [2.45, 2.75) is 57.3 Å². The minimum Gasteiger partial charge on any atom is -0.390 e. The highest BCUT2D eigenvalue weighted by atomic mass is 16.5. The van der Waals surface area contributed by atoms with Crippen molar-refractivity contribution in [1.29, 1.82) is 0 Å². The summed E-state index contributed by atoms with van der Waals surface area (Å²) in [6, 6.07) is 2.04. The van der Waals surface area contributed by atoms with E-state index in [9.17, 15) is 5.11 Å². The van der Waals surface area contributed by atoms with Gasteiger partial charge in [-0.3, -0.25) is 4.90 Å². The number of aliphatic hydroxyl groups excluding tert-OH is 1. The van der Waals surface area contributed by atoms with E-state index in [2.05, 4.69) is 17.0 Å². The van der Waals surface area contributed by atoms with Gasteiger partial charge in [0.05, 0.1) is 23.9 Å². The average molecular weight is 280 g/mol. The third-order valence-corrected chi connectivity index (χ3v) is 4.67. The Morgan fingerprint density at radius 3 is 2.90 bits per heavy atom. The standard InChI is InChI=1S/C15H24N2O3/c1-2-12-10-13(20-16-12)11-17-7-5-15(6-8-17)14(18)4-3-9-19-15/h10,14,18H,2-9,11H2,1H3/t14-/m1/s1. The predicted octanol–water partition coefficient (Wildman–Crippen LogP) is 1.74. The van der Waals surface area contributed by atoms with Gasteiger partial charge in [-0.2, -0.15) is 0 Å². The lowest BCUT2D eigenvalue weighted by atomic mass is 9.82. The molecule has 1 aromatic heterocycles. The Hall–Kier alpha value is -0.910. The molecule has 112 valence electrons. The van der Waals surface area contributed by atoms with Crippen LogP contribution in [0, 0.1) is 0 Å². The fourth-order valence-electron chi connectivity index (χ4n) is 3.30. The minimum atomic E-state index is -0.296. The van der Waals surface area contributed by atoms with Gasteiger partial charge in [0.25, 0.3) is 0 Å². The van der Waals surface area contributed by atoms with Crippen LogP contribution in [0.2, 0.25) is 0 Å². The summed E-state index contributed by atoms with van der Waals surface area (Å²) in [5.74, 6) is 0.933. The Balaban J connectivity index is 1.55. The van der Waals surface area contributed by atoms with E-state index in [1.807, 2.05) is 6.07 Å². The molecule has 1 atom stereocenters. The molecule has 1 N–H and O–H groups in total. The van der Waals surface area contributed by atoms with Crippen LogP contribution in [-0.2, 0) is 17.7 Å². The van der Waals surface area contributed by atoms with Crippen LogP contribution in [0.15, 0.2) is 10.6 Å². The third-order valence-electron chi connectivity index (χ3n) is 4.67. The van der Waals surface area contributed by atoms with E-state index in [0.717, 1.165) is 69.8 Å². The van der Waals surface area contributed by atoms with Crippen LogP contribution < -0.4 is 0 Å². The molecule has 0 unspecified atom stereocenters. The summed E-state index contributed by atoms with van der Waals surface area (Å²) in [4.78, 5) is 2.36. The monoisotopic (exact) mass is 280 g/mol. The van der Waals surface area contributed by atoms with E-state index < -0.39 is 0 Å². The van der Waals surface area contributed by atoms with Gasteiger partial charge in [0.1, 0.15) is 0 Å². The van der Waals surface area contributed by atoms with Crippen molar-refractivity contribution in [3.63, 3.8) is 0 Å². The molecule has 3 heterocycles. The van der Waals surface area contributed by atoms with Gasteiger partial charge in [0, 0.05) is 25.8 Å². The number of aliphatic hydroxyl groups is 1. The van der Waals surface area contributed by atoms with Crippen LogP contribution in [0.4, 0.5) is 0 Å². The molecule has 0 amide bonds. The van der Waals surface area contributed by atoms with Crippen molar-refractivity contribution in [3.8, 4) is 0 Å². The molecule has 2 aliphatic rings. The van der Waals surface area contributed by atoms with Crippen LogP contribution in [0.5, 0.6) is 0 Å². The van der Waals surface area contributed by atoms with Gasteiger partial charge in [-0.25, -0.2) is 0 Å². The topological polar surface area (TPSA) is 58.7 Å². The molecule has 2 fully saturated rings. The van der Waals surface area contributed by atoms with E-state index in [-0.39, 0.29) is 11.7 Å². The second-order valence-electron chi connectivity index (χ2n) is 5.99. The highest BCUT2D eigenvalue weighted by Gasteiger charge is 2.43. The molecule has 0 bridgehead atoms. The molecule has 0 aliphatic carbocycles. The van der Waals surface area contributed by atoms with E-state index in [1.165, 1.54) is 0 Å². The highest BCUT2D eigenvalue weighted by molar-refractivity contribution is 5.05. The Bertz CT molecular complexity index is 438. The van der Waals surface area contributed by atoms with Gasteiger partial charge in [0.15, 0.2) is 5.76 Å². The maximum Gasteiger partial charge on any atom is 0.150 e. The number of aromatic nitrogens is 1. The first-order valence-corrected chi connectivity index (χ1v) is 7.71. The quantitative estimate of drug-likeness (QED) is 0.914. The summed E-state index contributed by atoms with van der Waals surface area (Å²) in [7, 11) is 0. The minimum absolute atomic E-state index is 0.287. The number of rotatable bonds is 3. The molecule has 3 rings (SSSR count). The molecular weight excluding hydrogens is 256 g/mol. The van der Waals surface area contributed by atoms with Crippen molar-refractivity contribution >= 4 is 0 Å². The maximum atomic E-state index is 10.2. The van der Waals surface area contributed by atoms with Crippen molar-refractivity contribution in [2.24, 2.45) is 0 Å². The van der Waals surface area contributed by atoms with Gasteiger partial charge in [0.2, 0.25) is 0 Å². The van der Waals surface area contributed by atoms with Crippen molar-refractivity contribution < 1.29 is 14.4 Å². The molecule has 2 aliphatic heterocycles. The number of ether oxygens (including phenoxy) is 1. The van der Waals surface area contributed by atoms with Crippen molar-refractivity contribution in [2.75, 3.05) is 19.7 Å². The van der Waals surface area contributed by atoms with Crippen LogP contribution in [0.1, 0.15) is 44.1 Å². The zero-order valence-corrected chi connectivity index (χ0v) is 12.2. The number of likely N-dealkylation sites (tertiary alicyclic amines) is 1. The number of aryl methyl sites for hydroxylation is 1. The van der Waals surface area contributed by atoms with Crippen LogP contribution in [0.3, 0.4) is 0 Å². The summed E-state index contributed by atoms with van der Waals surface area (Å²) in [6.45, 7) is 5.56. The molecule has 0 saturated carbocycles. The number of hydrogen-bond donors (Lipinski definition) is 1. The Morgan fingerprint density at radius 2 is 2.25 bits per heavy atom. The van der Waals surface area contributed by atoms with E-state index in [0.29, 0.717) is 0 Å². The first-order valence-electron chi connectivity index (χ1n) is 7.71. The highest BCUT2D eigenvalue weighted by Crippen LogP contribution is 2.35. The predicted molar refractivity (Wildman–Crippen MR) is 74.3 cm³/mol. The number of piperidine rings is 1. The van der Waals surface area contributed by atoms with Crippen LogP contribution in [-0.4, -0.2) is 46.6 Å². The molecule has 1 aromatic rings. The fourth-order valence-corrected chi connectivity index (χ4v) is 3.30. The molecule has 20 heavy (non-hydrogen) atoms. The lowest BCUT2D eigenvalue weighted by Crippen LogP contribution is -2.55. The van der Waals surface area contributed by atoms with Crippen LogP contribution in [0.25, 0.3) is 0 Å². The van der Waals surface area contributed by atoms with Gasteiger partial charge in [-0.15, -0.1) is 0 Å². The van der Waals surface area contributed by atoms with Gasteiger partial charge >= 0.3 is 0 Å². The zero-order chi connectivity index (χ0) is 14.0. The second-order valence-corrected chi connectivity index (χ2v) is 5.99. The van der Waals surface area contributed by atoms with Gasteiger partial charge < -0.3 is 14.4 Å². The van der Waals surface area contributed by atoms with Gasteiger partial charge in [-0.1, -0.05) is 12.1 Å².